The molecule has 1 aliphatic carbocycles. The van der Waals surface area contributed by atoms with E-state index < -0.39 is 0 Å². The van der Waals surface area contributed by atoms with Crippen LogP contribution in [0.1, 0.15) is 25.0 Å². The third kappa shape index (κ3) is 2.76. The Morgan fingerprint density at radius 2 is 2.33 bits per heavy atom. The van der Waals surface area contributed by atoms with Crippen LogP contribution in [0.25, 0.3) is 0 Å². The molecule has 82 valence electrons. The van der Waals surface area contributed by atoms with Crippen molar-refractivity contribution in [1.82, 2.24) is 4.98 Å². The standard InChI is InChI=1S/C12H18N2O/c13-8-10-4-3-6-12(10)15-9-11-5-1-2-7-14-11/h1-2,5,7,10,12H,3-4,6,8-9,13H2. The number of hydrogen-bond acceptors (Lipinski definition) is 3. The molecule has 0 radical (unpaired) electrons. The molecule has 2 unspecified atom stereocenters. The molecule has 2 rings (SSSR count). The predicted octanol–water partition coefficient (Wildman–Crippen LogP) is 1.73. The van der Waals surface area contributed by atoms with E-state index in [1.54, 1.807) is 6.20 Å². The Labute approximate surface area is 90.7 Å². The second-order valence-electron chi connectivity index (χ2n) is 4.10. The van der Waals surface area contributed by atoms with Gasteiger partial charge in [-0.05, 0) is 37.4 Å². The summed E-state index contributed by atoms with van der Waals surface area (Å²) in [5, 5.41) is 0. The zero-order chi connectivity index (χ0) is 10.5. The van der Waals surface area contributed by atoms with Crippen molar-refractivity contribution in [2.24, 2.45) is 11.7 Å². The average molecular weight is 206 g/mol. The van der Waals surface area contributed by atoms with Gasteiger partial charge >= 0.3 is 0 Å². The van der Waals surface area contributed by atoms with Crippen LogP contribution in [0.2, 0.25) is 0 Å². The van der Waals surface area contributed by atoms with Gasteiger partial charge in [0.05, 0.1) is 18.4 Å². The highest BCUT2D eigenvalue weighted by atomic mass is 16.5. The molecule has 3 nitrogen and oxygen atoms in total. The van der Waals surface area contributed by atoms with Crippen molar-refractivity contribution in [3.05, 3.63) is 30.1 Å². The summed E-state index contributed by atoms with van der Waals surface area (Å²) in [5.74, 6) is 0.550. The van der Waals surface area contributed by atoms with E-state index in [2.05, 4.69) is 4.98 Å². The monoisotopic (exact) mass is 206 g/mol. The second kappa shape index (κ2) is 5.24. The van der Waals surface area contributed by atoms with E-state index in [0.717, 1.165) is 18.7 Å². The van der Waals surface area contributed by atoms with E-state index in [1.807, 2.05) is 18.2 Å². The molecule has 0 amide bonds. The highest BCUT2D eigenvalue weighted by molar-refractivity contribution is 5.02. The highest BCUT2D eigenvalue weighted by Crippen LogP contribution is 2.27. The fourth-order valence-electron chi connectivity index (χ4n) is 2.17. The molecule has 2 atom stereocenters. The minimum Gasteiger partial charge on any atom is -0.372 e. The Balaban J connectivity index is 1.83. The van der Waals surface area contributed by atoms with Crippen molar-refractivity contribution in [1.29, 1.82) is 0 Å². The van der Waals surface area contributed by atoms with E-state index in [9.17, 15) is 0 Å². The van der Waals surface area contributed by atoms with Gasteiger partial charge in [0.2, 0.25) is 0 Å². The van der Waals surface area contributed by atoms with E-state index in [1.165, 1.54) is 12.8 Å². The van der Waals surface area contributed by atoms with Crippen molar-refractivity contribution >= 4 is 0 Å². The first kappa shape index (κ1) is 10.6. The highest BCUT2D eigenvalue weighted by Gasteiger charge is 2.26. The molecule has 1 aliphatic rings. The topological polar surface area (TPSA) is 48.1 Å². The van der Waals surface area contributed by atoms with Crippen LogP contribution in [0.3, 0.4) is 0 Å². The van der Waals surface area contributed by atoms with E-state index in [0.29, 0.717) is 18.6 Å². The van der Waals surface area contributed by atoms with Gasteiger partial charge in [-0.25, -0.2) is 0 Å². The van der Waals surface area contributed by atoms with Gasteiger partial charge in [-0.2, -0.15) is 0 Å². The van der Waals surface area contributed by atoms with Crippen molar-refractivity contribution in [3.63, 3.8) is 0 Å². The van der Waals surface area contributed by atoms with Crippen LogP contribution in [0, 0.1) is 5.92 Å². The summed E-state index contributed by atoms with van der Waals surface area (Å²) in [5.41, 5.74) is 6.70. The molecule has 0 spiro atoms. The van der Waals surface area contributed by atoms with Gasteiger partial charge in [-0.3, -0.25) is 4.98 Å². The van der Waals surface area contributed by atoms with E-state index in [-0.39, 0.29) is 0 Å². The number of nitrogens with zero attached hydrogens (tertiary/aromatic N) is 1. The van der Waals surface area contributed by atoms with Crippen molar-refractivity contribution < 1.29 is 4.74 Å². The van der Waals surface area contributed by atoms with Gasteiger partial charge in [0.1, 0.15) is 0 Å². The number of pyridine rings is 1. The summed E-state index contributed by atoms with van der Waals surface area (Å²) in [4.78, 5) is 4.23. The van der Waals surface area contributed by atoms with Crippen LogP contribution in [-0.2, 0) is 11.3 Å². The first-order chi connectivity index (χ1) is 7.40. The molecule has 1 aromatic rings. The first-order valence-corrected chi connectivity index (χ1v) is 5.61. The van der Waals surface area contributed by atoms with Crippen LogP contribution in [0.15, 0.2) is 24.4 Å². The third-order valence-corrected chi connectivity index (χ3v) is 3.06. The van der Waals surface area contributed by atoms with E-state index >= 15 is 0 Å². The molecule has 0 aromatic carbocycles. The van der Waals surface area contributed by atoms with Crippen LogP contribution < -0.4 is 5.73 Å². The predicted molar refractivity (Wildman–Crippen MR) is 59.2 cm³/mol. The first-order valence-electron chi connectivity index (χ1n) is 5.61. The van der Waals surface area contributed by atoms with Gasteiger partial charge in [0.25, 0.3) is 0 Å². The van der Waals surface area contributed by atoms with Crippen molar-refractivity contribution in [2.75, 3.05) is 6.54 Å². The van der Waals surface area contributed by atoms with Crippen molar-refractivity contribution in [2.45, 2.75) is 32.0 Å². The lowest BCUT2D eigenvalue weighted by Gasteiger charge is -2.18. The third-order valence-electron chi connectivity index (χ3n) is 3.06. The maximum Gasteiger partial charge on any atom is 0.0891 e. The quantitative estimate of drug-likeness (QED) is 0.816. The SMILES string of the molecule is NCC1CCCC1OCc1ccccn1. The zero-order valence-electron chi connectivity index (χ0n) is 8.93. The zero-order valence-corrected chi connectivity index (χ0v) is 8.93. The van der Waals surface area contributed by atoms with Gasteiger partial charge in [-0.1, -0.05) is 12.5 Å². The lowest BCUT2D eigenvalue weighted by atomic mass is 10.1. The number of aromatic nitrogens is 1. The van der Waals surface area contributed by atoms with Gasteiger partial charge in [-0.15, -0.1) is 0 Å². The largest absolute Gasteiger partial charge is 0.372 e. The number of ether oxygens (including phenoxy) is 1. The van der Waals surface area contributed by atoms with Crippen LogP contribution in [0.5, 0.6) is 0 Å². The van der Waals surface area contributed by atoms with Gasteiger partial charge in [0, 0.05) is 6.20 Å². The van der Waals surface area contributed by atoms with Crippen molar-refractivity contribution in [3.8, 4) is 0 Å². The molecular formula is C12H18N2O. The Hall–Kier alpha value is -0.930. The summed E-state index contributed by atoms with van der Waals surface area (Å²) in [6.45, 7) is 1.36. The Bertz CT molecular complexity index is 289. The lowest BCUT2D eigenvalue weighted by molar-refractivity contribution is 0.0166. The summed E-state index contributed by atoms with van der Waals surface area (Å²) in [6.07, 6.45) is 5.75. The molecule has 1 aromatic heterocycles. The summed E-state index contributed by atoms with van der Waals surface area (Å²) in [7, 11) is 0. The van der Waals surface area contributed by atoms with Crippen LogP contribution in [-0.4, -0.2) is 17.6 Å². The molecule has 0 aliphatic heterocycles. The molecule has 3 heteroatoms. The minimum absolute atomic E-state index is 0.344. The summed E-state index contributed by atoms with van der Waals surface area (Å²) >= 11 is 0. The molecule has 1 fully saturated rings. The number of nitrogens with two attached hydrogens (primary N) is 1. The molecule has 2 N–H and O–H groups in total. The molecule has 0 bridgehead atoms. The lowest BCUT2D eigenvalue weighted by Crippen LogP contribution is -2.25. The minimum atomic E-state index is 0.344. The molecule has 1 saturated carbocycles. The molecule has 1 heterocycles. The maximum absolute atomic E-state index is 5.85. The maximum atomic E-state index is 5.85. The van der Waals surface area contributed by atoms with Crippen LogP contribution >= 0.6 is 0 Å². The van der Waals surface area contributed by atoms with Gasteiger partial charge < -0.3 is 10.5 Å². The second-order valence-corrected chi connectivity index (χ2v) is 4.10. The number of hydrogen-bond donors (Lipinski definition) is 1. The Morgan fingerprint density at radius 3 is 3.07 bits per heavy atom. The Kier molecular flexibility index (Phi) is 3.69. The molecule has 0 saturated heterocycles. The normalized spacial score (nSPS) is 25.7. The fourth-order valence-corrected chi connectivity index (χ4v) is 2.17. The van der Waals surface area contributed by atoms with Crippen LogP contribution in [0.4, 0.5) is 0 Å². The Morgan fingerprint density at radius 1 is 1.40 bits per heavy atom. The fraction of sp³-hybridized carbons (Fsp3) is 0.583. The smallest absolute Gasteiger partial charge is 0.0891 e. The molecular weight excluding hydrogens is 188 g/mol. The molecule has 15 heavy (non-hydrogen) atoms. The summed E-state index contributed by atoms with van der Waals surface area (Å²) in [6, 6.07) is 5.90. The average Bonchev–Trinajstić information content (AvgIpc) is 2.75. The number of rotatable bonds is 4. The summed E-state index contributed by atoms with van der Waals surface area (Å²) < 4.78 is 5.85. The van der Waals surface area contributed by atoms with Gasteiger partial charge in [0.15, 0.2) is 0 Å². The van der Waals surface area contributed by atoms with E-state index in [4.69, 9.17) is 10.5 Å².